The molecule has 0 aliphatic rings. The molecule has 1 atom stereocenters. The highest BCUT2D eigenvalue weighted by atomic mass is 35.5. The van der Waals surface area contributed by atoms with E-state index in [2.05, 4.69) is 10.3 Å². The van der Waals surface area contributed by atoms with Crippen molar-refractivity contribution in [1.82, 2.24) is 10.3 Å². The molecule has 5 heteroatoms. The van der Waals surface area contributed by atoms with Crippen molar-refractivity contribution in [3.8, 4) is 0 Å². The van der Waals surface area contributed by atoms with Crippen LogP contribution in [0, 0.1) is 6.92 Å². The van der Waals surface area contributed by atoms with Gasteiger partial charge in [-0.15, -0.1) is 0 Å². The summed E-state index contributed by atoms with van der Waals surface area (Å²) >= 11 is 5.90. The van der Waals surface area contributed by atoms with E-state index in [9.17, 15) is 5.11 Å². The number of anilines is 1. The number of aliphatic hydroxyl groups excluding tert-OH is 1. The van der Waals surface area contributed by atoms with Crippen LogP contribution in [-0.2, 0) is 0 Å². The number of pyridine rings is 1. The van der Waals surface area contributed by atoms with Crippen molar-refractivity contribution in [2.24, 2.45) is 0 Å². The Labute approximate surface area is 107 Å². The molecule has 17 heavy (non-hydrogen) atoms. The van der Waals surface area contributed by atoms with E-state index in [-0.39, 0.29) is 5.54 Å². The highest BCUT2D eigenvalue weighted by Gasteiger charge is 2.16. The number of nitrogens with one attached hydrogen (secondary N) is 1. The van der Waals surface area contributed by atoms with Gasteiger partial charge < -0.3 is 16.2 Å². The minimum atomic E-state index is -0.639. The predicted octanol–water partition coefficient (Wildman–Crippen LogP) is 2.05. The first-order valence-electron chi connectivity index (χ1n) is 5.56. The van der Waals surface area contributed by atoms with Gasteiger partial charge in [-0.25, -0.2) is 4.98 Å². The fraction of sp³-hybridized carbons (Fsp3) is 0.583. The van der Waals surface area contributed by atoms with Crippen LogP contribution in [0.5, 0.6) is 0 Å². The third kappa shape index (κ3) is 4.15. The number of hydrogen-bond acceptors (Lipinski definition) is 4. The molecule has 0 bridgehead atoms. The van der Waals surface area contributed by atoms with E-state index >= 15 is 0 Å². The zero-order chi connectivity index (χ0) is 13.2. The summed E-state index contributed by atoms with van der Waals surface area (Å²) in [6.45, 7) is 8.39. The van der Waals surface area contributed by atoms with Gasteiger partial charge in [0.2, 0.25) is 0 Å². The Morgan fingerprint density at radius 1 is 1.53 bits per heavy atom. The minimum absolute atomic E-state index is 0.0417. The summed E-state index contributed by atoms with van der Waals surface area (Å²) in [6, 6.07) is 1.67. The molecule has 0 aromatic carbocycles. The average molecular weight is 258 g/mol. The van der Waals surface area contributed by atoms with E-state index in [1.165, 1.54) is 0 Å². The Morgan fingerprint density at radius 3 is 2.65 bits per heavy atom. The Bertz CT molecular complexity index is 401. The van der Waals surface area contributed by atoms with Crippen LogP contribution >= 0.6 is 11.6 Å². The van der Waals surface area contributed by atoms with Crippen LogP contribution in [0.1, 0.15) is 38.1 Å². The van der Waals surface area contributed by atoms with Crippen molar-refractivity contribution in [2.45, 2.75) is 39.3 Å². The van der Waals surface area contributed by atoms with Crippen LogP contribution in [0.25, 0.3) is 0 Å². The normalized spacial score (nSPS) is 13.8. The maximum absolute atomic E-state index is 10.1. The van der Waals surface area contributed by atoms with Gasteiger partial charge in [-0.3, -0.25) is 0 Å². The lowest BCUT2D eigenvalue weighted by atomic mass is 10.1. The molecule has 4 N–H and O–H groups in total. The molecule has 0 saturated carbocycles. The SMILES string of the molecule is Cc1nc(N)c(Cl)cc1C(O)CNC(C)(C)C. The van der Waals surface area contributed by atoms with Crippen LogP contribution in [0.2, 0.25) is 5.02 Å². The molecule has 1 rings (SSSR count). The second kappa shape index (κ2) is 5.21. The van der Waals surface area contributed by atoms with Crippen molar-refractivity contribution in [3.05, 3.63) is 22.3 Å². The first kappa shape index (κ1) is 14.2. The van der Waals surface area contributed by atoms with Crippen LogP contribution in [0.4, 0.5) is 5.82 Å². The number of nitrogens with zero attached hydrogens (tertiary/aromatic N) is 1. The van der Waals surface area contributed by atoms with Crippen molar-refractivity contribution in [1.29, 1.82) is 0 Å². The van der Waals surface area contributed by atoms with Gasteiger partial charge in [-0.1, -0.05) is 11.6 Å². The Kier molecular flexibility index (Phi) is 4.36. The van der Waals surface area contributed by atoms with E-state index in [1.807, 2.05) is 27.7 Å². The molecule has 1 unspecified atom stereocenters. The molecule has 0 aliphatic heterocycles. The second-order valence-electron chi connectivity index (χ2n) is 5.18. The third-order valence-electron chi connectivity index (χ3n) is 2.42. The van der Waals surface area contributed by atoms with E-state index in [1.54, 1.807) is 6.07 Å². The predicted molar refractivity (Wildman–Crippen MR) is 71.1 cm³/mol. The summed E-state index contributed by atoms with van der Waals surface area (Å²) in [5, 5.41) is 13.7. The molecule has 0 spiro atoms. The number of aliphatic hydroxyl groups is 1. The quantitative estimate of drug-likeness (QED) is 0.775. The molecule has 0 radical (unpaired) electrons. The molecule has 1 aromatic rings. The maximum atomic E-state index is 10.1. The largest absolute Gasteiger partial charge is 0.387 e. The number of rotatable bonds is 3. The van der Waals surface area contributed by atoms with Crippen LogP contribution in [0.3, 0.4) is 0 Å². The van der Waals surface area contributed by atoms with Crippen molar-refractivity contribution in [3.63, 3.8) is 0 Å². The standard InChI is InChI=1S/C12H20ClN3O/c1-7-8(5-9(13)11(14)16-7)10(17)6-15-12(2,3)4/h5,10,15,17H,6H2,1-4H3,(H2,14,16). The number of aryl methyl sites for hydroxylation is 1. The maximum Gasteiger partial charge on any atom is 0.142 e. The lowest BCUT2D eigenvalue weighted by molar-refractivity contribution is 0.162. The zero-order valence-electron chi connectivity index (χ0n) is 10.7. The smallest absolute Gasteiger partial charge is 0.142 e. The fourth-order valence-corrected chi connectivity index (χ4v) is 1.62. The van der Waals surface area contributed by atoms with Gasteiger partial charge in [0.1, 0.15) is 5.82 Å². The number of nitrogen functional groups attached to an aromatic ring is 1. The number of hydrogen-bond donors (Lipinski definition) is 3. The number of β-amino-alcohol motifs (C(OH)–C–C–N with tert-alkyl or cyclic N) is 1. The first-order chi connectivity index (χ1) is 7.70. The molecular formula is C12H20ClN3O. The van der Waals surface area contributed by atoms with Gasteiger partial charge >= 0.3 is 0 Å². The van der Waals surface area contributed by atoms with E-state index in [4.69, 9.17) is 17.3 Å². The van der Waals surface area contributed by atoms with Gasteiger partial charge in [0.05, 0.1) is 11.1 Å². The van der Waals surface area contributed by atoms with Gasteiger partial charge in [-0.05, 0) is 33.8 Å². The molecule has 4 nitrogen and oxygen atoms in total. The summed E-state index contributed by atoms with van der Waals surface area (Å²) < 4.78 is 0. The summed E-state index contributed by atoms with van der Waals surface area (Å²) in [5.74, 6) is 0.295. The summed E-state index contributed by atoms with van der Waals surface area (Å²) in [7, 11) is 0. The van der Waals surface area contributed by atoms with E-state index < -0.39 is 6.10 Å². The van der Waals surface area contributed by atoms with Gasteiger partial charge in [0.15, 0.2) is 0 Å². The monoisotopic (exact) mass is 257 g/mol. The number of aromatic nitrogens is 1. The van der Waals surface area contributed by atoms with Gasteiger partial charge in [0.25, 0.3) is 0 Å². The average Bonchev–Trinajstić information content (AvgIpc) is 2.19. The second-order valence-corrected chi connectivity index (χ2v) is 5.58. The first-order valence-corrected chi connectivity index (χ1v) is 5.94. The lowest BCUT2D eigenvalue weighted by Gasteiger charge is -2.23. The molecule has 0 saturated heterocycles. The Hall–Kier alpha value is -0.840. The van der Waals surface area contributed by atoms with Crippen molar-refractivity contribution >= 4 is 17.4 Å². The molecule has 0 fully saturated rings. The molecule has 1 heterocycles. The zero-order valence-corrected chi connectivity index (χ0v) is 11.5. The number of halogens is 1. The molecule has 1 aromatic heterocycles. The molecule has 0 amide bonds. The van der Waals surface area contributed by atoms with E-state index in [0.29, 0.717) is 28.6 Å². The summed E-state index contributed by atoms with van der Waals surface area (Å²) in [4.78, 5) is 4.10. The topological polar surface area (TPSA) is 71.2 Å². The third-order valence-corrected chi connectivity index (χ3v) is 2.72. The van der Waals surface area contributed by atoms with Crippen molar-refractivity contribution in [2.75, 3.05) is 12.3 Å². The molecule has 0 aliphatic carbocycles. The van der Waals surface area contributed by atoms with E-state index in [0.717, 1.165) is 0 Å². The van der Waals surface area contributed by atoms with Crippen molar-refractivity contribution < 1.29 is 5.11 Å². The fourth-order valence-electron chi connectivity index (χ4n) is 1.46. The highest BCUT2D eigenvalue weighted by molar-refractivity contribution is 6.32. The summed E-state index contributed by atoms with van der Waals surface area (Å²) in [5.41, 5.74) is 6.96. The molecule has 96 valence electrons. The van der Waals surface area contributed by atoms with Crippen LogP contribution in [-0.4, -0.2) is 22.2 Å². The Balaban J connectivity index is 2.82. The molecular weight excluding hydrogens is 238 g/mol. The van der Waals surface area contributed by atoms with Crippen LogP contribution in [0.15, 0.2) is 6.07 Å². The van der Waals surface area contributed by atoms with Gasteiger partial charge in [0, 0.05) is 23.3 Å². The van der Waals surface area contributed by atoms with Crippen LogP contribution < -0.4 is 11.1 Å². The lowest BCUT2D eigenvalue weighted by Crippen LogP contribution is -2.38. The highest BCUT2D eigenvalue weighted by Crippen LogP contribution is 2.24. The van der Waals surface area contributed by atoms with Gasteiger partial charge in [-0.2, -0.15) is 0 Å². The number of nitrogens with two attached hydrogens (primary N) is 1. The Morgan fingerprint density at radius 2 is 2.12 bits per heavy atom. The summed E-state index contributed by atoms with van der Waals surface area (Å²) in [6.07, 6.45) is -0.639. The minimum Gasteiger partial charge on any atom is -0.387 e.